The van der Waals surface area contributed by atoms with Gasteiger partial charge in [0.15, 0.2) is 0 Å². The average Bonchev–Trinajstić information content (AvgIpc) is 3.18. The van der Waals surface area contributed by atoms with E-state index in [0.29, 0.717) is 5.69 Å². The summed E-state index contributed by atoms with van der Waals surface area (Å²) in [5.41, 5.74) is 3.43. The average molecular weight is 378 g/mol. The number of amides is 1. The van der Waals surface area contributed by atoms with Gasteiger partial charge in [-0.1, -0.05) is 36.4 Å². The number of pyridine rings is 1. The Balaban J connectivity index is 1.50. The topological polar surface area (TPSA) is 58.9 Å². The van der Waals surface area contributed by atoms with Crippen molar-refractivity contribution in [3.63, 3.8) is 0 Å². The van der Waals surface area contributed by atoms with Crippen LogP contribution < -0.4 is 5.32 Å². The first kappa shape index (κ1) is 18.7. The van der Waals surface area contributed by atoms with Gasteiger partial charge in [0.25, 0.3) is 5.91 Å². The van der Waals surface area contributed by atoms with Crippen molar-refractivity contribution in [1.82, 2.24) is 19.6 Å². The second-order valence-electron chi connectivity index (χ2n) is 7.23. The fraction of sp³-hybridized carbons (Fsp3) is 0.364. The van der Waals surface area contributed by atoms with Gasteiger partial charge in [0, 0.05) is 32.0 Å². The highest BCUT2D eigenvalue weighted by Crippen LogP contribution is 2.19. The number of imidazole rings is 1. The Labute approximate surface area is 165 Å². The third-order valence-corrected chi connectivity index (χ3v) is 5.26. The van der Waals surface area contributed by atoms with Crippen LogP contribution in [0.15, 0.2) is 54.9 Å². The molecule has 1 aromatic carbocycles. The number of aromatic nitrogens is 2. The van der Waals surface area contributed by atoms with Crippen LogP contribution >= 0.6 is 0 Å². The smallest absolute Gasteiger partial charge is 0.271 e. The predicted octanol–water partition coefficient (Wildman–Crippen LogP) is 2.84. The van der Waals surface area contributed by atoms with E-state index in [1.54, 1.807) is 6.20 Å². The SMILES string of the molecule is Cc1cccn2cc(C(=O)N[C@H](CCN3CCOCC3)c3ccccc3)nc12. The van der Waals surface area contributed by atoms with Crippen molar-refractivity contribution in [1.29, 1.82) is 0 Å². The minimum atomic E-state index is -0.140. The number of carbonyl (C=O) groups excluding carboxylic acids is 1. The molecule has 0 spiro atoms. The predicted molar refractivity (Wildman–Crippen MR) is 108 cm³/mol. The Morgan fingerprint density at radius 3 is 2.71 bits per heavy atom. The number of nitrogens with zero attached hydrogens (tertiary/aromatic N) is 3. The van der Waals surface area contributed by atoms with Gasteiger partial charge >= 0.3 is 0 Å². The molecule has 1 fully saturated rings. The number of ether oxygens (including phenoxy) is 1. The third kappa shape index (κ3) is 4.24. The number of morpholine rings is 1. The van der Waals surface area contributed by atoms with Crippen LogP contribution in [0.4, 0.5) is 0 Å². The Kier molecular flexibility index (Phi) is 5.69. The molecule has 2 aromatic heterocycles. The van der Waals surface area contributed by atoms with Crippen molar-refractivity contribution >= 4 is 11.6 Å². The number of aryl methyl sites for hydroxylation is 1. The van der Waals surface area contributed by atoms with Crippen LogP contribution in [-0.2, 0) is 4.74 Å². The second kappa shape index (κ2) is 8.54. The van der Waals surface area contributed by atoms with E-state index in [4.69, 9.17) is 4.74 Å². The summed E-state index contributed by atoms with van der Waals surface area (Å²) in [5, 5.41) is 3.20. The highest BCUT2D eigenvalue weighted by molar-refractivity contribution is 5.93. The molecule has 1 saturated heterocycles. The van der Waals surface area contributed by atoms with Crippen LogP contribution in [-0.4, -0.2) is 53.0 Å². The Morgan fingerprint density at radius 2 is 1.96 bits per heavy atom. The van der Waals surface area contributed by atoms with E-state index < -0.39 is 0 Å². The molecular weight excluding hydrogens is 352 g/mol. The molecule has 3 aromatic rings. The number of carbonyl (C=O) groups is 1. The van der Waals surface area contributed by atoms with Crippen LogP contribution in [0.25, 0.3) is 5.65 Å². The van der Waals surface area contributed by atoms with Crippen molar-refractivity contribution in [2.24, 2.45) is 0 Å². The molecule has 6 heteroatoms. The maximum absolute atomic E-state index is 12.9. The fourth-order valence-corrected chi connectivity index (χ4v) is 3.64. The van der Waals surface area contributed by atoms with Crippen molar-refractivity contribution in [3.8, 4) is 0 Å². The summed E-state index contributed by atoms with van der Waals surface area (Å²) in [6, 6.07) is 14.1. The van der Waals surface area contributed by atoms with Crippen LogP contribution in [0.3, 0.4) is 0 Å². The largest absolute Gasteiger partial charge is 0.379 e. The Bertz CT molecular complexity index is 932. The molecule has 3 heterocycles. The lowest BCUT2D eigenvalue weighted by Crippen LogP contribution is -2.39. The summed E-state index contributed by atoms with van der Waals surface area (Å²) in [4.78, 5) is 19.9. The molecular formula is C22H26N4O2. The van der Waals surface area contributed by atoms with Gasteiger partial charge in [0.2, 0.25) is 0 Å². The number of fused-ring (bicyclic) bond motifs is 1. The Hall–Kier alpha value is -2.70. The van der Waals surface area contributed by atoms with E-state index >= 15 is 0 Å². The zero-order valence-electron chi connectivity index (χ0n) is 16.2. The first-order valence-electron chi connectivity index (χ1n) is 9.81. The molecule has 1 amide bonds. The molecule has 146 valence electrons. The van der Waals surface area contributed by atoms with Crippen LogP contribution in [0.5, 0.6) is 0 Å². The van der Waals surface area contributed by atoms with Crippen LogP contribution in [0.2, 0.25) is 0 Å². The molecule has 0 radical (unpaired) electrons. The minimum Gasteiger partial charge on any atom is -0.379 e. The fourth-order valence-electron chi connectivity index (χ4n) is 3.64. The lowest BCUT2D eigenvalue weighted by atomic mass is 10.0. The van der Waals surface area contributed by atoms with Gasteiger partial charge in [-0.2, -0.15) is 0 Å². The summed E-state index contributed by atoms with van der Waals surface area (Å²) in [6.07, 6.45) is 4.56. The lowest BCUT2D eigenvalue weighted by molar-refractivity contribution is 0.0360. The number of benzene rings is 1. The molecule has 0 saturated carbocycles. The zero-order valence-corrected chi connectivity index (χ0v) is 16.2. The van der Waals surface area contributed by atoms with Gasteiger partial charge in [0.05, 0.1) is 19.3 Å². The first-order valence-corrected chi connectivity index (χ1v) is 9.81. The summed E-state index contributed by atoms with van der Waals surface area (Å²) in [5.74, 6) is -0.140. The molecule has 28 heavy (non-hydrogen) atoms. The summed E-state index contributed by atoms with van der Waals surface area (Å²) in [6.45, 7) is 6.38. The van der Waals surface area contributed by atoms with Crippen molar-refractivity contribution in [2.45, 2.75) is 19.4 Å². The molecule has 6 nitrogen and oxygen atoms in total. The molecule has 0 bridgehead atoms. The number of hydrogen-bond donors (Lipinski definition) is 1. The Morgan fingerprint density at radius 1 is 1.18 bits per heavy atom. The minimum absolute atomic E-state index is 0.0533. The second-order valence-corrected chi connectivity index (χ2v) is 7.23. The standard InChI is InChI=1S/C22H26N4O2/c1-17-6-5-10-26-16-20(23-21(17)26)22(27)24-19(18-7-3-2-4-8-18)9-11-25-12-14-28-15-13-25/h2-8,10,16,19H,9,11-15H2,1H3,(H,24,27)/t19-/m1/s1. The maximum Gasteiger partial charge on any atom is 0.271 e. The van der Waals surface area contributed by atoms with Crippen molar-refractivity contribution < 1.29 is 9.53 Å². The molecule has 0 unspecified atom stereocenters. The van der Waals surface area contributed by atoms with Crippen LogP contribution in [0, 0.1) is 6.92 Å². The van der Waals surface area contributed by atoms with Gasteiger partial charge in [0.1, 0.15) is 11.3 Å². The maximum atomic E-state index is 12.9. The van der Waals surface area contributed by atoms with Gasteiger partial charge in [-0.25, -0.2) is 4.98 Å². The zero-order chi connectivity index (χ0) is 19.3. The third-order valence-electron chi connectivity index (χ3n) is 5.26. The van der Waals surface area contributed by atoms with E-state index in [-0.39, 0.29) is 11.9 Å². The van der Waals surface area contributed by atoms with E-state index in [2.05, 4.69) is 27.3 Å². The number of hydrogen-bond acceptors (Lipinski definition) is 4. The van der Waals surface area contributed by atoms with E-state index in [1.165, 1.54) is 0 Å². The molecule has 0 aliphatic carbocycles. The van der Waals surface area contributed by atoms with E-state index in [9.17, 15) is 4.79 Å². The highest BCUT2D eigenvalue weighted by atomic mass is 16.5. The molecule has 1 aliphatic heterocycles. The summed E-state index contributed by atoms with van der Waals surface area (Å²) in [7, 11) is 0. The molecule has 4 rings (SSSR count). The monoisotopic (exact) mass is 378 g/mol. The van der Waals surface area contributed by atoms with Gasteiger partial charge in [-0.15, -0.1) is 0 Å². The van der Waals surface area contributed by atoms with Gasteiger partial charge < -0.3 is 14.5 Å². The number of rotatable bonds is 6. The van der Waals surface area contributed by atoms with Gasteiger partial charge in [-0.05, 0) is 30.5 Å². The lowest BCUT2D eigenvalue weighted by Gasteiger charge is -2.28. The first-order chi connectivity index (χ1) is 13.7. The quantitative estimate of drug-likeness (QED) is 0.717. The molecule has 1 aliphatic rings. The summed E-state index contributed by atoms with van der Waals surface area (Å²) < 4.78 is 7.33. The van der Waals surface area contributed by atoms with E-state index in [1.807, 2.05) is 47.9 Å². The molecule has 1 N–H and O–H groups in total. The van der Waals surface area contributed by atoms with Crippen LogP contribution in [0.1, 0.15) is 34.1 Å². The highest BCUT2D eigenvalue weighted by Gasteiger charge is 2.20. The molecule has 1 atom stereocenters. The van der Waals surface area contributed by atoms with Crippen molar-refractivity contribution in [3.05, 3.63) is 71.7 Å². The van der Waals surface area contributed by atoms with E-state index in [0.717, 1.165) is 56.0 Å². The van der Waals surface area contributed by atoms with Crippen molar-refractivity contribution in [2.75, 3.05) is 32.8 Å². The van der Waals surface area contributed by atoms with Gasteiger partial charge in [-0.3, -0.25) is 9.69 Å². The number of nitrogens with one attached hydrogen (secondary N) is 1. The summed E-state index contributed by atoms with van der Waals surface area (Å²) >= 11 is 0. The normalized spacial score (nSPS) is 16.2.